The molecule has 0 bridgehead atoms. The van der Waals surface area contributed by atoms with Crippen LogP contribution in [0.15, 0.2) is 48.5 Å². The van der Waals surface area contributed by atoms with Gasteiger partial charge in [0.1, 0.15) is 5.82 Å². The zero-order chi connectivity index (χ0) is 20.3. The molecule has 0 N–H and O–H groups in total. The molecule has 2 aliphatic rings. The second-order valence-corrected chi connectivity index (χ2v) is 9.01. The molecule has 1 aliphatic heterocycles. The molecule has 0 spiro atoms. The van der Waals surface area contributed by atoms with E-state index in [0.29, 0.717) is 6.04 Å². The van der Waals surface area contributed by atoms with Gasteiger partial charge in [-0.15, -0.1) is 0 Å². The topological polar surface area (TPSA) is 3.24 Å². The lowest BCUT2D eigenvalue weighted by molar-refractivity contribution is -0.953. The molecule has 1 saturated heterocycles. The molecule has 1 aliphatic carbocycles. The van der Waals surface area contributed by atoms with Crippen molar-refractivity contribution < 1.29 is 8.87 Å². The Kier molecular flexibility index (Phi) is 6.24. The summed E-state index contributed by atoms with van der Waals surface area (Å²) in [4.78, 5) is 2.58. The second-order valence-electron chi connectivity index (χ2n) is 9.01. The van der Waals surface area contributed by atoms with E-state index in [-0.39, 0.29) is 5.82 Å². The number of rotatable bonds is 7. The van der Waals surface area contributed by atoms with E-state index in [4.69, 9.17) is 0 Å². The highest BCUT2D eigenvalue weighted by Crippen LogP contribution is 2.32. The molecule has 4 rings (SSSR count). The minimum absolute atomic E-state index is 0.150. The molecule has 156 valence electrons. The van der Waals surface area contributed by atoms with Crippen LogP contribution in [0.5, 0.6) is 0 Å². The van der Waals surface area contributed by atoms with E-state index < -0.39 is 0 Å². The lowest BCUT2D eigenvalue weighted by atomic mass is 9.94. The van der Waals surface area contributed by atoms with Gasteiger partial charge >= 0.3 is 0 Å². The Hall–Kier alpha value is -1.87. The molecule has 0 radical (unpaired) electrons. The van der Waals surface area contributed by atoms with Gasteiger partial charge in [0.15, 0.2) is 0 Å². The highest BCUT2D eigenvalue weighted by Gasteiger charge is 2.37. The number of quaternary nitrogens is 1. The monoisotopic (exact) mass is 395 g/mol. The van der Waals surface area contributed by atoms with Crippen LogP contribution >= 0.6 is 0 Å². The first kappa shape index (κ1) is 20.4. The summed E-state index contributed by atoms with van der Waals surface area (Å²) in [6.45, 7) is 9.62. The van der Waals surface area contributed by atoms with Crippen molar-refractivity contribution in [1.29, 1.82) is 0 Å². The Morgan fingerprint density at radius 3 is 2.21 bits per heavy atom. The third-order valence-corrected chi connectivity index (χ3v) is 7.76. The molecule has 29 heavy (non-hydrogen) atoms. The molecular formula is C26H36FN2+. The summed E-state index contributed by atoms with van der Waals surface area (Å²) in [5, 5.41) is 0. The van der Waals surface area contributed by atoms with Crippen LogP contribution in [0.3, 0.4) is 0 Å². The third kappa shape index (κ3) is 4.21. The lowest BCUT2D eigenvalue weighted by Gasteiger charge is -2.47. The summed E-state index contributed by atoms with van der Waals surface area (Å²) in [7, 11) is 0. The predicted molar refractivity (Wildman–Crippen MR) is 120 cm³/mol. The fourth-order valence-electron chi connectivity index (χ4n) is 5.94. The van der Waals surface area contributed by atoms with Crippen molar-refractivity contribution in [2.75, 3.05) is 31.1 Å². The van der Waals surface area contributed by atoms with Crippen LogP contribution in [0, 0.1) is 5.82 Å². The Bertz CT molecular complexity index is 772. The fourth-order valence-corrected chi connectivity index (χ4v) is 5.94. The van der Waals surface area contributed by atoms with Crippen LogP contribution in [0.2, 0.25) is 0 Å². The van der Waals surface area contributed by atoms with E-state index in [1.165, 1.54) is 66.6 Å². The lowest BCUT2D eigenvalue weighted by Crippen LogP contribution is -2.58. The Morgan fingerprint density at radius 1 is 0.931 bits per heavy atom. The number of fused-ring (bicyclic) bond motifs is 1. The van der Waals surface area contributed by atoms with E-state index in [9.17, 15) is 4.39 Å². The van der Waals surface area contributed by atoms with Crippen LogP contribution in [-0.4, -0.2) is 42.7 Å². The highest BCUT2D eigenvalue weighted by atomic mass is 19.1. The van der Waals surface area contributed by atoms with Gasteiger partial charge in [-0.2, -0.15) is 0 Å². The number of likely N-dealkylation sites (tertiary alicyclic amines) is 1. The number of halogens is 1. The van der Waals surface area contributed by atoms with Crippen LogP contribution in [-0.2, 0) is 12.8 Å². The van der Waals surface area contributed by atoms with E-state index in [0.717, 1.165) is 25.4 Å². The van der Waals surface area contributed by atoms with Gasteiger partial charge in [0.05, 0.1) is 25.7 Å². The second kappa shape index (κ2) is 8.87. The molecule has 2 aromatic carbocycles. The maximum absolute atomic E-state index is 13.6. The smallest absolute Gasteiger partial charge is 0.123 e. The molecule has 3 heteroatoms. The molecule has 2 nitrogen and oxygen atoms in total. The van der Waals surface area contributed by atoms with E-state index in [1.54, 1.807) is 12.1 Å². The van der Waals surface area contributed by atoms with Gasteiger partial charge in [-0.05, 0) is 81.3 Å². The van der Waals surface area contributed by atoms with Crippen molar-refractivity contribution in [3.63, 3.8) is 0 Å². The normalized spacial score (nSPS) is 21.1. The van der Waals surface area contributed by atoms with Crippen molar-refractivity contribution in [1.82, 2.24) is 0 Å². The third-order valence-electron chi connectivity index (χ3n) is 7.76. The molecule has 1 heterocycles. The molecule has 1 atom stereocenters. The largest absolute Gasteiger partial charge is 0.368 e. The van der Waals surface area contributed by atoms with Crippen molar-refractivity contribution >= 4 is 5.69 Å². The van der Waals surface area contributed by atoms with Crippen LogP contribution in [0.1, 0.15) is 50.7 Å². The van der Waals surface area contributed by atoms with Gasteiger partial charge < -0.3 is 9.38 Å². The van der Waals surface area contributed by atoms with Crippen molar-refractivity contribution in [2.45, 2.75) is 64.5 Å². The Morgan fingerprint density at radius 2 is 1.59 bits per heavy atom. The average molecular weight is 396 g/mol. The number of hydrogen-bond donors (Lipinski definition) is 0. The van der Waals surface area contributed by atoms with Crippen LogP contribution < -0.4 is 4.90 Å². The first-order valence-electron chi connectivity index (χ1n) is 11.6. The maximum atomic E-state index is 13.6. The van der Waals surface area contributed by atoms with E-state index in [2.05, 4.69) is 43.0 Å². The zero-order valence-corrected chi connectivity index (χ0v) is 18.1. The highest BCUT2D eigenvalue weighted by molar-refractivity contribution is 5.50. The van der Waals surface area contributed by atoms with Gasteiger partial charge in [-0.3, -0.25) is 0 Å². The molecule has 0 amide bonds. The van der Waals surface area contributed by atoms with Gasteiger partial charge in [0.25, 0.3) is 0 Å². The molecule has 1 unspecified atom stereocenters. The van der Waals surface area contributed by atoms with E-state index >= 15 is 0 Å². The van der Waals surface area contributed by atoms with Gasteiger partial charge in [0.2, 0.25) is 0 Å². The summed E-state index contributed by atoms with van der Waals surface area (Å²) >= 11 is 0. The van der Waals surface area contributed by atoms with Crippen LogP contribution in [0.25, 0.3) is 0 Å². The van der Waals surface area contributed by atoms with Crippen molar-refractivity contribution in [2.24, 2.45) is 0 Å². The minimum atomic E-state index is -0.150. The SMILES string of the molecule is CC[N+]1(CC)CCCCC1CCN(c1ccc(F)cc1)C1Cc2ccccc2C1. The van der Waals surface area contributed by atoms with Gasteiger partial charge in [-0.1, -0.05) is 24.3 Å². The zero-order valence-electron chi connectivity index (χ0n) is 18.1. The molecule has 0 aromatic heterocycles. The molecule has 1 fully saturated rings. The fraction of sp³-hybridized carbons (Fsp3) is 0.538. The maximum Gasteiger partial charge on any atom is 0.123 e. The first-order chi connectivity index (χ1) is 14.1. The van der Waals surface area contributed by atoms with E-state index in [1.807, 2.05) is 12.1 Å². The number of nitrogens with zero attached hydrogens (tertiary/aromatic N) is 2. The standard InChI is InChI=1S/C26H36FN2/c1-3-29(4-2)18-8-7-11-26(29)16-17-28(24-14-12-23(27)13-15-24)25-19-21-9-5-6-10-22(21)20-25/h5-6,9-10,12-15,25-26H,3-4,7-8,11,16-20H2,1-2H3/q+1. The number of anilines is 1. The summed E-state index contributed by atoms with van der Waals surface area (Å²) in [6.07, 6.45) is 7.52. The van der Waals surface area contributed by atoms with Gasteiger partial charge in [0, 0.05) is 24.7 Å². The van der Waals surface area contributed by atoms with Crippen molar-refractivity contribution in [3.05, 3.63) is 65.5 Å². The first-order valence-corrected chi connectivity index (χ1v) is 11.6. The van der Waals surface area contributed by atoms with Crippen LogP contribution in [0.4, 0.5) is 10.1 Å². The molecule has 0 saturated carbocycles. The average Bonchev–Trinajstić information content (AvgIpc) is 3.19. The molecule has 2 aromatic rings. The summed E-state index contributed by atoms with van der Waals surface area (Å²) < 4.78 is 14.9. The predicted octanol–water partition coefficient (Wildman–Crippen LogP) is 5.60. The van der Waals surface area contributed by atoms with Crippen molar-refractivity contribution in [3.8, 4) is 0 Å². The molecular weight excluding hydrogens is 359 g/mol. The summed E-state index contributed by atoms with van der Waals surface area (Å²) in [5.74, 6) is -0.150. The Labute approximate surface area is 175 Å². The van der Waals surface area contributed by atoms with Gasteiger partial charge in [-0.25, -0.2) is 4.39 Å². The minimum Gasteiger partial charge on any atom is -0.368 e. The quantitative estimate of drug-likeness (QED) is 0.552. The number of benzene rings is 2. The summed E-state index contributed by atoms with van der Waals surface area (Å²) in [5.41, 5.74) is 4.13. The number of hydrogen-bond acceptors (Lipinski definition) is 1. The number of piperidine rings is 1. The Balaban J connectivity index is 1.54. The summed E-state index contributed by atoms with van der Waals surface area (Å²) in [6, 6.07) is 17.3.